The first-order chi connectivity index (χ1) is 16.0. The largest absolute Gasteiger partial charge is 0.534 e. The monoisotopic (exact) mass is 516 g/mol. The van der Waals surface area contributed by atoms with Crippen LogP contribution in [-0.4, -0.2) is 31.7 Å². The summed E-state index contributed by atoms with van der Waals surface area (Å²) in [6, 6.07) is 10.4. The van der Waals surface area contributed by atoms with Crippen LogP contribution in [0, 0.1) is 19.3 Å². The van der Waals surface area contributed by atoms with Gasteiger partial charge < -0.3 is 14.0 Å². The quantitative estimate of drug-likeness (QED) is 0.307. The zero-order valence-corrected chi connectivity index (χ0v) is 22.1. The lowest BCUT2D eigenvalue weighted by Crippen LogP contribution is -2.32. The van der Waals surface area contributed by atoms with Gasteiger partial charge in [-0.15, -0.1) is 0 Å². The van der Waals surface area contributed by atoms with Crippen molar-refractivity contribution in [1.29, 1.82) is 0 Å². The number of hydrogen-bond donors (Lipinski definition) is 1. The third-order valence-corrected chi connectivity index (χ3v) is 7.51. The molecule has 2 rings (SSSR count). The van der Waals surface area contributed by atoms with E-state index in [4.69, 9.17) is 4.74 Å². The lowest BCUT2D eigenvalue weighted by atomic mass is 9.70. The van der Waals surface area contributed by atoms with Gasteiger partial charge in [-0.3, -0.25) is 0 Å². The van der Waals surface area contributed by atoms with Crippen LogP contribution in [-0.2, 0) is 15.5 Å². The summed E-state index contributed by atoms with van der Waals surface area (Å²) in [6.07, 6.45) is 0.774. The number of rotatable bonds is 9. The molecule has 0 aliphatic rings. The van der Waals surface area contributed by atoms with Crippen LogP contribution in [0.15, 0.2) is 36.4 Å². The summed E-state index contributed by atoms with van der Waals surface area (Å²) < 4.78 is 71.3. The van der Waals surface area contributed by atoms with E-state index in [0.717, 1.165) is 16.7 Å². The first kappa shape index (κ1) is 29.0. The van der Waals surface area contributed by atoms with E-state index in [1.165, 1.54) is 13.0 Å². The fourth-order valence-corrected chi connectivity index (χ4v) is 4.48. The Kier molecular flexibility index (Phi) is 8.60. The van der Waals surface area contributed by atoms with Crippen molar-refractivity contribution in [2.24, 2.45) is 5.41 Å². The minimum absolute atomic E-state index is 0.165. The predicted molar refractivity (Wildman–Crippen MR) is 130 cm³/mol. The smallest absolute Gasteiger partial charge is 0.491 e. The van der Waals surface area contributed by atoms with Crippen molar-refractivity contribution in [2.45, 2.75) is 78.3 Å². The number of hydrogen-bond acceptors (Lipinski definition) is 5. The third-order valence-electron chi connectivity index (χ3n) is 6.54. The highest BCUT2D eigenvalue weighted by atomic mass is 32.2. The van der Waals surface area contributed by atoms with E-state index in [1.54, 1.807) is 12.1 Å². The molecule has 0 fully saturated rings. The van der Waals surface area contributed by atoms with Crippen LogP contribution in [0.3, 0.4) is 0 Å². The molecule has 1 atom stereocenters. The highest BCUT2D eigenvalue weighted by Gasteiger charge is 2.48. The molecular weight excluding hydrogens is 481 g/mol. The maximum absolute atomic E-state index is 12.7. The maximum atomic E-state index is 12.7. The van der Waals surface area contributed by atoms with Crippen LogP contribution in [0.4, 0.5) is 13.2 Å². The summed E-state index contributed by atoms with van der Waals surface area (Å²) in [4.78, 5) is 0. The molecule has 0 heterocycles. The molecular formula is C26H35F3O5S. The van der Waals surface area contributed by atoms with Gasteiger partial charge in [0.05, 0.1) is 6.10 Å². The van der Waals surface area contributed by atoms with Gasteiger partial charge in [-0.1, -0.05) is 58.9 Å². The number of benzene rings is 2. The van der Waals surface area contributed by atoms with Crippen LogP contribution in [0.25, 0.3) is 0 Å². The van der Waals surface area contributed by atoms with Crippen LogP contribution in [0.5, 0.6) is 11.5 Å². The second kappa shape index (κ2) is 10.4. The Balaban J connectivity index is 2.40. The first-order valence-electron chi connectivity index (χ1n) is 11.5. The molecule has 0 saturated heterocycles. The molecule has 35 heavy (non-hydrogen) atoms. The Bertz CT molecular complexity index is 1130. The summed E-state index contributed by atoms with van der Waals surface area (Å²) in [5, 5.41) is 10.3. The van der Waals surface area contributed by atoms with Gasteiger partial charge in [-0.05, 0) is 66.5 Å². The fourth-order valence-electron chi connectivity index (χ4n) is 3.97. The summed E-state index contributed by atoms with van der Waals surface area (Å²) in [5.41, 5.74) is -3.25. The van der Waals surface area contributed by atoms with Gasteiger partial charge in [-0.2, -0.15) is 21.6 Å². The van der Waals surface area contributed by atoms with E-state index in [9.17, 15) is 26.7 Å². The molecule has 0 spiro atoms. The van der Waals surface area contributed by atoms with E-state index in [-0.39, 0.29) is 23.3 Å². The molecule has 9 heteroatoms. The molecule has 0 radical (unpaired) electrons. The van der Waals surface area contributed by atoms with Crippen LogP contribution in [0.2, 0.25) is 0 Å². The van der Waals surface area contributed by atoms with Gasteiger partial charge in [0.1, 0.15) is 18.1 Å². The summed E-state index contributed by atoms with van der Waals surface area (Å²) >= 11 is 0. The van der Waals surface area contributed by atoms with Crippen LogP contribution < -0.4 is 8.92 Å². The summed E-state index contributed by atoms with van der Waals surface area (Å²) in [7, 11) is -5.75. The standard InChI is InChI=1S/C26H35F3O5S/c1-8-25(9-2,19-10-12-21(17(3)14-19)33-16-23(30)24(5,6)7)20-11-13-22(18(4)15-20)34-35(31,32)26(27,28)29/h10-15,23,30H,8-9,16H2,1-7H3. The fraction of sp³-hybridized carbons (Fsp3) is 0.538. The summed E-state index contributed by atoms with van der Waals surface area (Å²) in [6.45, 7) is 13.5. The van der Waals surface area contributed by atoms with Crippen molar-refractivity contribution < 1.29 is 35.6 Å². The molecule has 0 aromatic heterocycles. The van der Waals surface area contributed by atoms with Crippen molar-refractivity contribution in [2.75, 3.05) is 6.61 Å². The number of aliphatic hydroxyl groups excluding tert-OH is 1. The molecule has 196 valence electrons. The Labute approximate surface area is 206 Å². The van der Waals surface area contributed by atoms with Crippen molar-refractivity contribution >= 4 is 10.1 Å². The summed E-state index contributed by atoms with van der Waals surface area (Å²) in [5.74, 6) is 0.306. The molecule has 1 unspecified atom stereocenters. The number of halogens is 3. The maximum Gasteiger partial charge on any atom is 0.534 e. The zero-order chi connectivity index (χ0) is 26.8. The minimum atomic E-state index is -5.75. The van der Waals surface area contributed by atoms with E-state index >= 15 is 0 Å². The van der Waals surface area contributed by atoms with Gasteiger partial charge in [0.25, 0.3) is 0 Å². The highest BCUT2D eigenvalue weighted by Crippen LogP contribution is 2.42. The molecule has 2 aromatic carbocycles. The second-order valence-corrected chi connectivity index (χ2v) is 11.5. The van der Waals surface area contributed by atoms with Gasteiger partial charge >= 0.3 is 15.6 Å². The lowest BCUT2D eigenvalue weighted by molar-refractivity contribution is -0.0500. The molecule has 0 saturated carbocycles. The second-order valence-electron chi connectivity index (χ2n) is 9.93. The molecule has 2 aromatic rings. The molecule has 0 aliphatic heterocycles. The molecule has 5 nitrogen and oxygen atoms in total. The lowest BCUT2D eigenvalue weighted by Gasteiger charge is -2.34. The topological polar surface area (TPSA) is 72.8 Å². The average molecular weight is 517 g/mol. The molecule has 0 bridgehead atoms. The Morgan fingerprint density at radius 2 is 1.34 bits per heavy atom. The molecule has 0 amide bonds. The van der Waals surface area contributed by atoms with E-state index in [2.05, 4.69) is 4.18 Å². The molecule has 0 aliphatic carbocycles. The molecule has 1 N–H and O–H groups in total. The van der Waals surface area contributed by atoms with E-state index < -0.39 is 27.1 Å². The Morgan fingerprint density at radius 3 is 1.71 bits per heavy atom. The highest BCUT2D eigenvalue weighted by molar-refractivity contribution is 7.88. The SMILES string of the molecule is CCC(CC)(c1ccc(OCC(O)C(C)(C)C)c(C)c1)c1ccc(OS(=O)(=O)C(F)(F)F)c(C)c1. The number of ether oxygens (including phenoxy) is 1. The van der Waals surface area contributed by atoms with Crippen molar-refractivity contribution in [3.05, 3.63) is 58.7 Å². The van der Waals surface area contributed by atoms with Gasteiger partial charge in [0.15, 0.2) is 0 Å². The van der Waals surface area contributed by atoms with Crippen LogP contribution >= 0.6 is 0 Å². The van der Waals surface area contributed by atoms with Crippen molar-refractivity contribution in [3.63, 3.8) is 0 Å². The Morgan fingerprint density at radius 1 is 0.886 bits per heavy atom. The van der Waals surface area contributed by atoms with E-state index in [1.807, 2.05) is 59.7 Å². The van der Waals surface area contributed by atoms with Crippen molar-refractivity contribution in [1.82, 2.24) is 0 Å². The van der Waals surface area contributed by atoms with Crippen LogP contribution in [0.1, 0.15) is 69.7 Å². The van der Waals surface area contributed by atoms with E-state index in [0.29, 0.717) is 18.6 Å². The van der Waals surface area contributed by atoms with Gasteiger partial charge in [0.2, 0.25) is 0 Å². The zero-order valence-electron chi connectivity index (χ0n) is 21.3. The van der Waals surface area contributed by atoms with Gasteiger partial charge in [-0.25, -0.2) is 0 Å². The Hall–Kier alpha value is -2.26. The van der Waals surface area contributed by atoms with Gasteiger partial charge in [0, 0.05) is 5.41 Å². The third kappa shape index (κ3) is 6.30. The number of alkyl halides is 3. The predicted octanol–water partition coefficient (Wildman–Crippen LogP) is 6.42. The first-order valence-corrected chi connectivity index (χ1v) is 12.9. The van der Waals surface area contributed by atoms with Crippen molar-refractivity contribution in [3.8, 4) is 11.5 Å². The number of aryl methyl sites for hydroxylation is 2. The number of aliphatic hydroxyl groups is 1. The minimum Gasteiger partial charge on any atom is -0.491 e. The normalized spacial score (nSPS) is 14.0. The average Bonchev–Trinajstić information content (AvgIpc) is 2.74.